The lowest BCUT2D eigenvalue weighted by atomic mass is 9.55. The van der Waals surface area contributed by atoms with Crippen molar-refractivity contribution in [3.63, 3.8) is 0 Å². The largest absolute Gasteiger partial charge is 0.462 e. The minimum absolute atomic E-state index is 0.0397. The summed E-state index contributed by atoms with van der Waals surface area (Å²) in [4.78, 5) is 14.4. The van der Waals surface area contributed by atoms with Gasteiger partial charge >= 0.3 is 5.97 Å². The molecule has 3 aliphatic rings. The standard InChI is InChI=1S/C26H46N2O2/c1-5-7-14-28(15-8-6-2)16-10-13-27-19-22-21-17-23-20(3)11-9-12-26(23,4)18-24(21)30-25(22)29/h21-24,27H,3,5-19H2,1-2,4H3/p+1. The van der Waals surface area contributed by atoms with Crippen LogP contribution in [0.25, 0.3) is 0 Å². The molecule has 1 heterocycles. The normalized spacial score (nSPS) is 33.5. The van der Waals surface area contributed by atoms with Gasteiger partial charge in [-0.05, 0) is 56.3 Å². The van der Waals surface area contributed by atoms with E-state index in [0.717, 1.165) is 25.9 Å². The molecule has 5 atom stereocenters. The number of carbonyl (C=O) groups excluding carboxylic acids is 1. The van der Waals surface area contributed by atoms with Crippen LogP contribution in [0, 0.1) is 23.2 Å². The molecule has 0 amide bonds. The van der Waals surface area contributed by atoms with Crippen LogP contribution >= 0.6 is 0 Å². The third kappa shape index (κ3) is 5.68. The van der Waals surface area contributed by atoms with Gasteiger partial charge < -0.3 is 15.0 Å². The first kappa shape index (κ1) is 23.8. The lowest BCUT2D eigenvalue weighted by Gasteiger charge is -2.50. The summed E-state index contributed by atoms with van der Waals surface area (Å²) in [5.41, 5.74) is 1.72. The number of carbonyl (C=O) groups is 1. The fourth-order valence-corrected chi connectivity index (χ4v) is 6.44. The Morgan fingerprint density at radius 1 is 1.17 bits per heavy atom. The van der Waals surface area contributed by atoms with Gasteiger partial charge in [-0.1, -0.05) is 45.8 Å². The number of nitrogens with one attached hydrogen (secondary N) is 2. The first-order valence-corrected chi connectivity index (χ1v) is 12.9. The van der Waals surface area contributed by atoms with Crippen molar-refractivity contribution < 1.29 is 14.4 Å². The monoisotopic (exact) mass is 419 g/mol. The molecule has 2 saturated carbocycles. The third-order valence-electron chi connectivity index (χ3n) is 8.34. The van der Waals surface area contributed by atoms with Crippen molar-refractivity contribution in [3.05, 3.63) is 12.2 Å². The molecule has 2 aliphatic carbocycles. The predicted octanol–water partition coefficient (Wildman–Crippen LogP) is 3.77. The summed E-state index contributed by atoms with van der Waals surface area (Å²) in [6.45, 7) is 17.0. The number of allylic oxidation sites excluding steroid dienone is 1. The number of rotatable bonds is 12. The second-order valence-electron chi connectivity index (χ2n) is 10.7. The number of hydrogen-bond donors (Lipinski definition) is 2. The minimum atomic E-state index is 0.0397. The number of unbranched alkanes of at least 4 members (excludes halogenated alkanes) is 2. The minimum Gasteiger partial charge on any atom is -0.462 e. The van der Waals surface area contributed by atoms with E-state index in [9.17, 15) is 4.79 Å². The summed E-state index contributed by atoms with van der Waals surface area (Å²) in [6.07, 6.45) is 12.4. The second-order valence-corrected chi connectivity index (χ2v) is 10.7. The lowest BCUT2D eigenvalue weighted by molar-refractivity contribution is -0.900. The Balaban J connectivity index is 1.44. The maximum Gasteiger partial charge on any atom is 0.310 e. The van der Waals surface area contributed by atoms with Crippen molar-refractivity contribution in [2.24, 2.45) is 23.2 Å². The summed E-state index contributed by atoms with van der Waals surface area (Å²) in [7, 11) is 0. The Bertz CT molecular complexity index is 569. The van der Waals surface area contributed by atoms with Crippen molar-refractivity contribution in [1.82, 2.24) is 5.32 Å². The number of esters is 1. The van der Waals surface area contributed by atoms with Crippen LogP contribution < -0.4 is 10.2 Å². The summed E-state index contributed by atoms with van der Waals surface area (Å²) >= 11 is 0. The maximum absolute atomic E-state index is 12.7. The zero-order chi connectivity index (χ0) is 21.6. The van der Waals surface area contributed by atoms with Gasteiger partial charge in [0.15, 0.2) is 0 Å². The van der Waals surface area contributed by atoms with Gasteiger partial charge in [0.2, 0.25) is 0 Å². The van der Waals surface area contributed by atoms with Gasteiger partial charge in [0.25, 0.3) is 0 Å². The molecule has 4 heteroatoms. The van der Waals surface area contributed by atoms with Gasteiger partial charge in [-0.15, -0.1) is 0 Å². The average Bonchev–Trinajstić information content (AvgIpc) is 3.01. The van der Waals surface area contributed by atoms with E-state index in [0.29, 0.717) is 17.3 Å². The molecule has 0 bridgehead atoms. The molecule has 0 aromatic carbocycles. The highest BCUT2D eigenvalue weighted by Gasteiger charge is 2.54. The van der Waals surface area contributed by atoms with Crippen molar-refractivity contribution in [2.45, 2.75) is 91.1 Å². The summed E-state index contributed by atoms with van der Waals surface area (Å²) < 4.78 is 5.90. The quantitative estimate of drug-likeness (QED) is 0.287. The topological polar surface area (TPSA) is 42.8 Å². The molecule has 0 aromatic heterocycles. The third-order valence-corrected chi connectivity index (χ3v) is 8.34. The van der Waals surface area contributed by atoms with E-state index < -0.39 is 0 Å². The Kier molecular flexibility index (Phi) is 8.82. The van der Waals surface area contributed by atoms with E-state index in [1.54, 1.807) is 4.90 Å². The van der Waals surface area contributed by atoms with Gasteiger partial charge in [-0.25, -0.2) is 0 Å². The Labute approximate surface area is 185 Å². The molecule has 0 spiro atoms. The van der Waals surface area contributed by atoms with E-state index in [1.165, 1.54) is 76.6 Å². The first-order chi connectivity index (χ1) is 14.5. The van der Waals surface area contributed by atoms with Crippen molar-refractivity contribution in [1.29, 1.82) is 0 Å². The summed E-state index contributed by atoms with van der Waals surface area (Å²) in [5, 5.41) is 3.61. The van der Waals surface area contributed by atoms with E-state index in [4.69, 9.17) is 4.74 Å². The highest BCUT2D eigenvalue weighted by molar-refractivity contribution is 5.75. The molecule has 172 valence electrons. The van der Waals surface area contributed by atoms with Crippen LogP contribution in [-0.4, -0.2) is 44.8 Å². The van der Waals surface area contributed by atoms with Crippen LogP contribution in [0.3, 0.4) is 0 Å². The number of hydrogen-bond acceptors (Lipinski definition) is 3. The zero-order valence-electron chi connectivity index (χ0n) is 19.9. The molecular formula is C26H47N2O2+. The second kappa shape index (κ2) is 11.1. The molecule has 2 N–H and O–H groups in total. The predicted molar refractivity (Wildman–Crippen MR) is 124 cm³/mol. The SMILES string of the molecule is C=C1CCCC2(C)CC3OC(=O)C(CNCCC[NH+](CCCC)CCCC)C3CC12. The van der Waals surface area contributed by atoms with Crippen LogP contribution in [0.5, 0.6) is 0 Å². The Morgan fingerprint density at radius 3 is 2.57 bits per heavy atom. The van der Waals surface area contributed by atoms with Crippen molar-refractivity contribution in [2.75, 3.05) is 32.7 Å². The lowest BCUT2D eigenvalue weighted by Crippen LogP contribution is -3.12. The molecule has 0 radical (unpaired) electrons. The van der Waals surface area contributed by atoms with E-state index in [1.807, 2.05) is 0 Å². The molecule has 1 saturated heterocycles. The molecule has 5 unspecified atom stereocenters. The van der Waals surface area contributed by atoms with E-state index in [2.05, 4.69) is 32.7 Å². The summed E-state index contributed by atoms with van der Waals surface area (Å²) in [5.74, 6) is 1.05. The molecule has 4 nitrogen and oxygen atoms in total. The van der Waals surface area contributed by atoms with Gasteiger partial charge in [0.1, 0.15) is 6.10 Å². The molecular weight excluding hydrogens is 372 g/mol. The Morgan fingerprint density at radius 2 is 1.87 bits per heavy atom. The smallest absolute Gasteiger partial charge is 0.310 e. The van der Waals surface area contributed by atoms with E-state index in [-0.39, 0.29) is 18.0 Å². The molecule has 3 rings (SSSR count). The van der Waals surface area contributed by atoms with Gasteiger partial charge in [0.05, 0.1) is 25.6 Å². The number of fused-ring (bicyclic) bond motifs is 2. The van der Waals surface area contributed by atoms with Gasteiger partial charge in [-0.2, -0.15) is 0 Å². The van der Waals surface area contributed by atoms with E-state index >= 15 is 0 Å². The highest BCUT2D eigenvalue weighted by atomic mass is 16.6. The molecule has 1 aliphatic heterocycles. The van der Waals surface area contributed by atoms with Gasteiger partial charge in [-0.3, -0.25) is 4.79 Å². The highest BCUT2D eigenvalue weighted by Crippen LogP contribution is 2.56. The number of ether oxygens (including phenoxy) is 1. The average molecular weight is 420 g/mol. The first-order valence-electron chi connectivity index (χ1n) is 12.9. The van der Waals surface area contributed by atoms with Crippen LogP contribution in [0.1, 0.15) is 85.0 Å². The Hall–Kier alpha value is -0.870. The zero-order valence-corrected chi connectivity index (χ0v) is 19.9. The number of quaternary nitrogens is 1. The van der Waals surface area contributed by atoms with Crippen LogP contribution in [-0.2, 0) is 9.53 Å². The van der Waals surface area contributed by atoms with Crippen LogP contribution in [0.4, 0.5) is 0 Å². The fraction of sp³-hybridized carbons (Fsp3) is 0.885. The maximum atomic E-state index is 12.7. The molecule has 3 fully saturated rings. The fourth-order valence-electron chi connectivity index (χ4n) is 6.44. The van der Waals surface area contributed by atoms with Crippen molar-refractivity contribution >= 4 is 5.97 Å². The summed E-state index contributed by atoms with van der Waals surface area (Å²) in [6, 6.07) is 0. The molecule has 0 aromatic rings. The van der Waals surface area contributed by atoms with Crippen LogP contribution in [0.15, 0.2) is 12.2 Å². The van der Waals surface area contributed by atoms with Crippen molar-refractivity contribution in [3.8, 4) is 0 Å². The van der Waals surface area contributed by atoms with Gasteiger partial charge in [0, 0.05) is 25.4 Å². The van der Waals surface area contributed by atoms with Crippen LogP contribution in [0.2, 0.25) is 0 Å². The molecule has 30 heavy (non-hydrogen) atoms.